The maximum atomic E-state index is 10.6. The van der Waals surface area contributed by atoms with Crippen molar-refractivity contribution in [2.24, 2.45) is 0 Å². The van der Waals surface area contributed by atoms with Crippen LogP contribution in [0.25, 0.3) is 0 Å². The number of benzene rings is 1. The number of rotatable bonds is 2. The minimum atomic E-state index is 0.262. The Morgan fingerprint density at radius 1 is 1.50 bits per heavy atom. The molecular weight excluding hydrogens is 152 g/mol. The van der Waals surface area contributed by atoms with E-state index in [4.69, 9.17) is 0 Å². The molecule has 0 heterocycles. The summed E-state index contributed by atoms with van der Waals surface area (Å²) in [4.78, 5) is 10.6. The largest absolute Gasteiger partial charge is 0.508 e. The molecule has 0 atom stereocenters. The fourth-order valence-electron chi connectivity index (χ4n) is 1.18. The lowest BCUT2D eigenvalue weighted by molar-refractivity contribution is 0.112. The van der Waals surface area contributed by atoms with Crippen LogP contribution < -0.4 is 0 Å². The second kappa shape index (κ2) is 3.39. The number of hydrogen-bond donors (Lipinski definition) is 1. The van der Waals surface area contributed by atoms with E-state index in [9.17, 15) is 9.90 Å². The van der Waals surface area contributed by atoms with Crippen LogP contribution in [-0.2, 0) is 6.42 Å². The minimum Gasteiger partial charge on any atom is -0.508 e. The van der Waals surface area contributed by atoms with E-state index in [2.05, 4.69) is 0 Å². The summed E-state index contributed by atoms with van der Waals surface area (Å²) in [6, 6.07) is 3.36. The number of phenols is 1. The normalized spacial score (nSPS) is 9.83. The Morgan fingerprint density at radius 3 is 2.67 bits per heavy atom. The zero-order chi connectivity index (χ0) is 9.14. The summed E-state index contributed by atoms with van der Waals surface area (Å²) >= 11 is 0. The van der Waals surface area contributed by atoms with Gasteiger partial charge in [-0.15, -0.1) is 0 Å². The molecule has 2 nitrogen and oxygen atoms in total. The summed E-state index contributed by atoms with van der Waals surface area (Å²) in [5.41, 5.74) is 2.32. The number of carbonyl (C=O) groups excluding carboxylic acids is 1. The molecule has 0 saturated carbocycles. The highest BCUT2D eigenvalue weighted by Gasteiger charge is 2.03. The molecule has 0 aliphatic heterocycles. The number of aromatic hydroxyl groups is 1. The highest BCUT2D eigenvalue weighted by atomic mass is 16.3. The first-order valence-electron chi connectivity index (χ1n) is 3.96. The Hall–Kier alpha value is -1.31. The Morgan fingerprint density at radius 2 is 2.17 bits per heavy atom. The number of aldehydes is 1. The Labute approximate surface area is 71.8 Å². The maximum absolute atomic E-state index is 10.6. The third kappa shape index (κ3) is 1.47. The molecule has 1 aromatic carbocycles. The molecule has 2 heteroatoms. The number of carbonyl (C=O) groups is 1. The maximum Gasteiger partial charge on any atom is 0.150 e. The van der Waals surface area contributed by atoms with Crippen molar-refractivity contribution in [1.29, 1.82) is 0 Å². The molecular formula is C10H12O2. The molecule has 0 aliphatic rings. The van der Waals surface area contributed by atoms with Crippen molar-refractivity contribution in [1.82, 2.24) is 0 Å². The van der Waals surface area contributed by atoms with Gasteiger partial charge in [-0.2, -0.15) is 0 Å². The summed E-state index contributed by atoms with van der Waals surface area (Å²) in [6.07, 6.45) is 1.59. The molecule has 0 unspecified atom stereocenters. The number of aryl methyl sites for hydroxylation is 2. The number of hydrogen-bond acceptors (Lipinski definition) is 2. The van der Waals surface area contributed by atoms with Crippen LogP contribution in [0.5, 0.6) is 5.75 Å². The van der Waals surface area contributed by atoms with Gasteiger partial charge in [-0.25, -0.2) is 0 Å². The van der Waals surface area contributed by atoms with Gasteiger partial charge in [-0.1, -0.05) is 6.92 Å². The topological polar surface area (TPSA) is 37.3 Å². The first-order chi connectivity index (χ1) is 5.69. The van der Waals surface area contributed by atoms with Crippen LogP contribution in [0.15, 0.2) is 12.1 Å². The van der Waals surface area contributed by atoms with E-state index in [0.29, 0.717) is 5.56 Å². The van der Waals surface area contributed by atoms with Gasteiger partial charge in [-0.3, -0.25) is 4.79 Å². The van der Waals surface area contributed by atoms with Crippen LogP contribution in [-0.4, -0.2) is 11.4 Å². The average molecular weight is 164 g/mol. The third-order valence-corrected chi connectivity index (χ3v) is 1.97. The van der Waals surface area contributed by atoms with E-state index in [-0.39, 0.29) is 5.75 Å². The lowest BCUT2D eigenvalue weighted by Gasteiger charge is -2.04. The first-order valence-corrected chi connectivity index (χ1v) is 3.96. The van der Waals surface area contributed by atoms with Gasteiger partial charge in [0.05, 0.1) is 0 Å². The molecule has 0 saturated heterocycles. The van der Waals surface area contributed by atoms with Gasteiger partial charge in [0.15, 0.2) is 0 Å². The van der Waals surface area contributed by atoms with E-state index < -0.39 is 0 Å². The standard InChI is InChI=1S/C10H12O2/c1-3-8-5-10(12)7(2)4-9(8)6-11/h4-6,12H,3H2,1-2H3. The van der Waals surface area contributed by atoms with Crippen LogP contribution in [0.3, 0.4) is 0 Å². The molecule has 1 aromatic rings. The molecule has 0 spiro atoms. The SMILES string of the molecule is CCc1cc(O)c(C)cc1C=O. The van der Waals surface area contributed by atoms with Gasteiger partial charge in [-0.05, 0) is 36.6 Å². The highest BCUT2D eigenvalue weighted by molar-refractivity contribution is 5.78. The van der Waals surface area contributed by atoms with Crippen molar-refractivity contribution in [2.45, 2.75) is 20.3 Å². The van der Waals surface area contributed by atoms with Gasteiger partial charge >= 0.3 is 0 Å². The average Bonchev–Trinajstić information content (AvgIpc) is 2.09. The molecule has 12 heavy (non-hydrogen) atoms. The molecule has 0 aromatic heterocycles. The second-order valence-corrected chi connectivity index (χ2v) is 2.81. The summed E-state index contributed by atoms with van der Waals surface area (Å²) in [6.45, 7) is 3.74. The minimum absolute atomic E-state index is 0.262. The number of phenolic OH excluding ortho intramolecular Hbond substituents is 1. The molecule has 0 fully saturated rings. The molecule has 1 N–H and O–H groups in total. The van der Waals surface area contributed by atoms with E-state index in [0.717, 1.165) is 23.8 Å². The van der Waals surface area contributed by atoms with Crippen LogP contribution in [0.1, 0.15) is 28.4 Å². The van der Waals surface area contributed by atoms with E-state index >= 15 is 0 Å². The van der Waals surface area contributed by atoms with Crippen molar-refractivity contribution in [3.05, 3.63) is 28.8 Å². The molecule has 64 valence electrons. The monoisotopic (exact) mass is 164 g/mol. The summed E-state index contributed by atoms with van der Waals surface area (Å²) < 4.78 is 0. The zero-order valence-corrected chi connectivity index (χ0v) is 7.29. The van der Waals surface area contributed by atoms with E-state index in [1.807, 2.05) is 6.92 Å². The van der Waals surface area contributed by atoms with Crippen molar-refractivity contribution in [3.63, 3.8) is 0 Å². The fraction of sp³-hybridized carbons (Fsp3) is 0.300. The zero-order valence-electron chi connectivity index (χ0n) is 7.29. The van der Waals surface area contributed by atoms with Crippen LogP contribution in [0.2, 0.25) is 0 Å². The van der Waals surface area contributed by atoms with Gasteiger partial charge in [0, 0.05) is 5.56 Å². The highest BCUT2D eigenvalue weighted by Crippen LogP contribution is 2.20. The summed E-state index contributed by atoms with van der Waals surface area (Å²) in [5.74, 6) is 0.262. The van der Waals surface area contributed by atoms with Crippen molar-refractivity contribution >= 4 is 6.29 Å². The Kier molecular flexibility index (Phi) is 2.48. The van der Waals surface area contributed by atoms with E-state index in [1.165, 1.54) is 0 Å². The molecule has 0 bridgehead atoms. The van der Waals surface area contributed by atoms with Gasteiger partial charge in [0.25, 0.3) is 0 Å². The van der Waals surface area contributed by atoms with Gasteiger partial charge in [0.2, 0.25) is 0 Å². The molecule has 1 rings (SSSR count). The lowest BCUT2D eigenvalue weighted by Crippen LogP contribution is -1.91. The van der Waals surface area contributed by atoms with E-state index in [1.54, 1.807) is 19.1 Å². The predicted molar refractivity (Wildman–Crippen MR) is 47.6 cm³/mol. The van der Waals surface area contributed by atoms with Gasteiger partial charge in [0.1, 0.15) is 12.0 Å². The summed E-state index contributed by atoms with van der Waals surface area (Å²) in [5, 5.41) is 9.34. The second-order valence-electron chi connectivity index (χ2n) is 2.81. The Bertz CT molecular complexity index is 303. The Balaban J connectivity index is 3.28. The molecule has 0 amide bonds. The molecule has 0 aliphatic carbocycles. The first kappa shape index (κ1) is 8.78. The van der Waals surface area contributed by atoms with Crippen molar-refractivity contribution < 1.29 is 9.90 Å². The fourth-order valence-corrected chi connectivity index (χ4v) is 1.18. The quantitative estimate of drug-likeness (QED) is 0.679. The predicted octanol–water partition coefficient (Wildman–Crippen LogP) is 2.08. The van der Waals surface area contributed by atoms with Crippen LogP contribution in [0.4, 0.5) is 0 Å². The smallest absolute Gasteiger partial charge is 0.150 e. The molecule has 0 radical (unpaired) electrons. The lowest BCUT2D eigenvalue weighted by atomic mass is 10.0. The van der Waals surface area contributed by atoms with Crippen molar-refractivity contribution in [3.8, 4) is 5.75 Å². The van der Waals surface area contributed by atoms with Crippen molar-refractivity contribution in [2.75, 3.05) is 0 Å². The van der Waals surface area contributed by atoms with Crippen LogP contribution in [0, 0.1) is 6.92 Å². The third-order valence-electron chi connectivity index (χ3n) is 1.97. The van der Waals surface area contributed by atoms with Crippen LogP contribution >= 0.6 is 0 Å². The van der Waals surface area contributed by atoms with Gasteiger partial charge < -0.3 is 5.11 Å². The summed E-state index contributed by atoms with van der Waals surface area (Å²) in [7, 11) is 0.